The van der Waals surface area contributed by atoms with E-state index >= 15 is 0 Å². The van der Waals surface area contributed by atoms with Crippen molar-refractivity contribution < 1.29 is 14.2 Å². The minimum Gasteiger partial charge on any atom is -0.493 e. The van der Waals surface area contributed by atoms with Crippen molar-refractivity contribution in [1.29, 1.82) is 0 Å². The van der Waals surface area contributed by atoms with Gasteiger partial charge in [0, 0.05) is 6.42 Å². The minimum atomic E-state index is -0.863. The lowest BCUT2D eigenvalue weighted by atomic mass is 10.1. The van der Waals surface area contributed by atoms with Gasteiger partial charge in [-0.3, -0.25) is 0 Å². The summed E-state index contributed by atoms with van der Waals surface area (Å²) in [5.41, 5.74) is -0.00283. The third-order valence-electron chi connectivity index (χ3n) is 2.79. The minimum absolute atomic E-state index is 0.275. The van der Waals surface area contributed by atoms with Gasteiger partial charge in [0.1, 0.15) is 11.6 Å². The number of hydrogen-bond acceptors (Lipinski definition) is 4. The number of halogens is 1. The fraction of sp³-hybridized carbons (Fsp3) is 0.400. The van der Waals surface area contributed by atoms with Crippen LogP contribution in [0, 0.1) is 12.7 Å². The highest BCUT2D eigenvalue weighted by Crippen LogP contribution is 2.29. The van der Waals surface area contributed by atoms with E-state index in [1.165, 1.54) is 23.5 Å². The van der Waals surface area contributed by atoms with Gasteiger partial charge in [0.15, 0.2) is 0 Å². The first-order chi connectivity index (χ1) is 9.36. The number of benzene rings is 1. The molecular formula is C15H18FNO2S. The lowest BCUT2D eigenvalue weighted by Crippen LogP contribution is -2.14. The Morgan fingerprint density at radius 1 is 1.30 bits per heavy atom. The topological polar surface area (TPSA) is 42.4 Å². The zero-order chi connectivity index (χ0) is 14.8. The summed E-state index contributed by atoms with van der Waals surface area (Å²) in [5, 5.41) is 10.9. The molecule has 1 heterocycles. The lowest BCUT2D eigenvalue weighted by molar-refractivity contribution is 0.0817. The molecule has 108 valence electrons. The highest BCUT2D eigenvalue weighted by atomic mass is 32.1. The third kappa shape index (κ3) is 3.77. The SMILES string of the molecule is Cc1nc(CCOc2ccc(F)cc2)sc1C(C)(C)O. The Bertz CT molecular complexity index is 573. The average molecular weight is 295 g/mol. The average Bonchev–Trinajstić information content (AvgIpc) is 2.73. The van der Waals surface area contributed by atoms with E-state index in [1.807, 2.05) is 6.92 Å². The molecule has 0 aliphatic rings. The molecule has 0 amide bonds. The Morgan fingerprint density at radius 2 is 1.95 bits per heavy atom. The molecular weight excluding hydrogens is 277 g/mol. The Morgan fingerprint density at radius 3 is 2.50 bits per heavy atom. The Labute approximate surface area is 122 Å². The zero-order valence-corrected chi connectivity index (χ0v) is 12.6. The van der Waals surface area contributed by atoms with Gasteiger partial charge in [0.2, 0.25) is 0 Å². The van der Waals surface area contributed by atoms with Crippen molar-refractivity contribution in [3.05, 3.63) is 45.7 Å². The number of aromatic nitrogens is 1. The maximum absolute atomic E-state index is 12.7. The van der Waals surface area contributed by atoms with Gasteiger partial charge in [0.05, 0.1) is 27.8 Å². The second kappa shape index (κ2) is 5.89. The molecule has 0 atom stereocenters. The van der Waals surface area contributed by atoms with E-state index in [1.54, 1.807) is 26.0 Å². The first-order valence-corrected chi connectivity index (χ1v) is 7.25. The van der Waals surface area contributed by atoms with Gasteiger partial charge >= 0.3 is 0 Å². The molecule has 1 aromatic heterocycles. The van der Waals surface area contributed by atoms with Gasteiger partial charge in [-0.25, -0.2) is 9.37 Å². The summed E-state index contributed by atoms with van der Waals surface area (Å²) in [6.45, 7) is 5.89. The number of aliphatic hydroxyl groups is 1. The van der Waals surface area contributed by atoms with E-state index in [4.69, 9.17) is 4.74 Å². The molecule has 0 aliphatic heterocycles. The van der Waals surface area contributed by atoms with Crippen LogP contribution in [0.25, 0.3) is 0 Å². The predicted octanol–water partition coefficient (Wildman–Crippen LogP) is 3.44. The van der Waals surface area contributed by atoms with Crippen molar-refractivity contribution in [1.82, 2.24) is 4.98 Å². The fourth-order valence-electron chi connectivity index (χ4n) is 1.91. The fourth-order valence-corrected chi connectivity index (χ4v) is 2.96. The highest BCUT2D eigenvalue weighted by Gasteiger charge is 2.22. The molecule has 0 saturated heterocycles. The van der Waals surface area contributed by atoms with Gasteiger partial charge in [-0.2, -0.15) is 0 Å². The molecule has 0 aliphatic carbocycles. The van der Waals surface area contributed by atoms with Crippen molar-refractivity contribution in [2.24, 2.45) is 0 Å². The summed E-state index contributed by atoms with van der Waals surface area (Å²) in [7, 11) is 0. The molecule has 0 unspecified atom stereocenters. The molecule has 1 aromatic carbocycles. The second-order valence-corrected chi connectivity index (χ2v) is 6.22. The zero-order valence-electron chi connectivity index (χ0n) is 11.8. The first-order valence-electron chi connectivity index (χ1n) is 6.44. The van der Waals surface area contributed by atoms with Crippen LogP contribution in [0.5, 0.6) is 5.75 Å². The molecule has 20 heavy (non-hydrogen) atoms. The molecule has 2 rings (SSSR count). The van der Waals surface area contributed by atoms with Crippen molar-refractivity contribution >= 4 is 11.3 Å². The van der Waals surface area contributed by atoms with Crippen LogP contribution in [0.15, 0.2) is 24.3 Å². The number of rotatable bonds is 5. The standard InChI is InChI=1S/C15H18FNO2S/c1-10-14(15(2,3)18)20-13(17-10)8-9-19-12-6-4-11(16)5-7-12/h4-7,18H,8-9H2,1-3H3. The lowest BCUT2D eigenvalue weighted by Gasteiger charge is -2.15. The van der Waals surface area contributed by atoms with Gasteiger partial charge in [-0.15, -0.1) is 11.3 Å². The predicted molar refractivity (Wildman–Crippen MR) is 77.7 cm³/mol. The van der Waals surface area contributed by atoms with Crippen LogP contribution in [-0.4, -0.2) is 16.7 Å². The number of nitrogens with zero attached hydrogens (tertiary/aromatic N) is 1. The van der Waals surface area contributed by atoms with Crippen LogP contribution in [0.1, 0.15) is 29.4 Å². The van der Waals surface area contributed by atoms with Gasteiger partial charge in [-0.05, 0) is 45.0 Å². The third-order valence-corrected chi connectivity index (χ3v) is 4.32. The maximum atomic E-state index is 12.7. The number of thiazole rings is 1. The van der Waals surface area contributed by atoms with E-state index in [0.717, 1.165) is 15.6 Å². The van der Waals surface area contributed by atoms with Crippen LogP contribution in [0.3, 0.4) is 0 Å². The van der Waals surface area contributed by atoms with Gasteiger partial charge in [0.25, 0.3) is 0 Å². The van der Waals surface area contributed by atoms with Crippen LogP contribution in [0.4, 0.5) is 4.39 Å². The maximum Gasteiger partial charge on any atom is 0.123 e. The summed E-state index contributed by atoms with van der Waals surface area (Å²) in [5.74, 6) is 0.366. The molecule has 3 nitrogen and oxygen atoms in total. The molecule has 0 saturated carbocycles. The van der Waals surface area contributed by atoms with E-state index in [0.29, 0.717) is 18.8 Å². The summed E-state index contributed by atoms with van der Waals surface area (Å²) in [4.78, 5) is 5.32. The Hall–Kier alpha value is -1.46. The second-order valence-electron chi connectivity index (χ2n) is 5.13. The summed E-state index contributed by atoms with van der Waals surface area (Å²) >= 11 is 1.50. The molecule has 5 heteroatoms. The van der Waals surface area contributed by atoms with Crippen LogP contribution in [-0.2, 0) is 12.0 Å². The van der Waals surface area contributed by atoms with Gasteiger partial charge < -0.3 is 9.84 Å². The molecule has 2 aromatic rings. The first kappa shape index (κ1) is 14.9. The van der Waals surface area contributed by atoms with E-state index < -0.39 is 5.60 Å². The number of ether oxygens (including phenoxy) is 1. The van der Waals surface area contributed by atoms with Crippen LogP contribution in [0.2, 0.25) is 0 Å². The molecule has 0 radical (unpaired) electrons. The molecule has 1 N–H and O–H groups in total. The quantitative estimate of drug-likeness (QED) is 0.919. The molecule has 0 bridgehead atoms. The summed E-state index contributed by atoms with van der Waals surface area (Å²) < 4.78 is 18.3. The van der Waals surface area contributed by atoms with Crippen molar-refractivity contribution in [3.8, 4) is 5.75 Å². The molecule has 0 spiro atoms. The number of hydrogen-bond donors (Lipinski definition) is 1. The summed E-state index contributed by atoms with van der Waals surface area (Å²) in [6.07, 6.45) is 0.666. The van der Waals surface area contributed by atoms with E-state index in [-0.39, 0.29) is 5.82 Å². The smallest absolute Gasteiger partial charge is 0.123 e. The monoisotopic (exact) mass is 295 g/mol. The van der Waals surface area contributed by atoms with Gasteiger partial charge in [-0.1, -0.05) is 0 Å². The summed E-state index contributed by atoms with van der Waals surface area (Å²) in [6, 6.07) is 5.94. The van der Waals surface area contributed by atoms with E-state index in [2.05, 4.69) is 4.98 Å². The normalized spacial score (nSPS) is 11.7. The Balaban J connectivity index is 1.93. The largest absolute Gasteiger partial charge is 0.493 e. The van der Waals surface area contributed by atoms with Crippen molar-refractivity contribution in [3.63, 3.8) is 0 Å². The molecule has 0 fully saturated rings. The highest BCUT2D eigenvalue weighted by molar-refractivity contribution is 7.11. The van der Waals surface area contributed by atoms with E-state index in [9.17, 15) is 9.50 Å². The van der Waals surface area contributed by atoms with Crippen LogP contribution >= 0.6 is 11.3 Å². The van der Waals surface area contributed by atoms with Crippen molar-refractivity contribution in [2.75, 3.05) is 6.61 Å². The van der Waals surface area contributed by atoms with Crippen LogP contribution < -0.4 is 4.74 Å². The Kier molecular flexibility index (Phi) is 4.40. The van der Waals surface area contributed by atoms with Crippen molar-refractivity contribution in [2.45, 2.75) is 32.8 Å². The number of aryl methyl sites for hydroxylation is 1.